The second kappa shape index (κ2) is 37.7. The molecule has 2 atom stereocenters. The third kappa shape index (κ3) is 24.3. The summed E-state index contributed by atoms with van der Waals surface area (Å²) in [5.41, 5.74) is 0. The van der Waals surface area contributed by atoms with E-state index in [1.165, 1.54) is 141 Å². The fourth-order valence-corrected chi connectivity index (χ4v) is 14.1. The van der Waals surface area contributed by atoms with E-state index in [0.717, 1.165) is 150 Å². The van der Waals surface area contributed by atoms with E-state index in [4.69, 9.17) is 38.6 Å². The van der Waals surface area contributed by atoms with Crippen LogP contribution in [0.2, 0.25) is 0 Å². The fourth-order valence-electron chi connectivity index (χ4n) is 14.1. The summed E-state index contributed by atoms with van der Waals surface area (Å²) >= 11 is 0. The maximum absolute atomic E-state index is 10.8. The number of aliphatic carboxylic acids is 2. The van der Waals surface area contributed by atoms with Crippen molar-refractivity contribution in [1.82, 2.24) is 0 Å². The van der Waals surface area contributed by atoms with E-state index in [1.807, 2.05) is 0 Å². The number of carboxylic acids is 2. The van der Waals surface area contributed by atoms with Crippen LogP contribution >= 0.6 is 0 Å². The molecule has 2 aliphatic heterocycles. The lowest BCUT2D eigenvalue weighted by Crippen LogP contribution is -2.27. The summed E-state index contributed by atoms with van der Waals surface area (Å²) in [5.74, 6) is 13.7. The molecule has 0 aromatic rings. The number of ether oxygens (including phenoxy) is 6. The summed E-state index contributed by atoms with van der Waals surface area (Å²) in [6.45, 7) is 15.1. The van der Waals surface area contributed by atoms with Gasteiger partial charge in [0.2, 0.25) is 0 Å². The van der Waals surface area contributed by atoms with Crippen LogP contribution in [0.5, 0.6) is 0 Å². The second-order valence-electron chi connectivity index (χ2n) is 24.1. The zero-order valence-electron chi connectivity index (χ0n) is 47.4. The summed E-state index contributed by atoms with van der Waals surface area (Å²) in [6, 6.07) is 0. The third-order valence-electron chi connectivity index (χ3n) is 18.8. The normalized spacial score (nSPS) is 34.6. The lowest BCUT2D eigenvalue weighted by atomic mass is 9.68. The SMILES string of the molecule is C=C.CCCC1CCC(C2CCC(C#CC3CCC(C4CCC(CCC)CC4)CC3)CC2)CC1.O=C(O)C1CCC(OCCCOC2CCCCO2)CC1.O=C(O)C1CCC(OCCCOC2CCCCO2)CC1. The van der Waals surface area contributed by atoms with Gasteiger partial charge < -0.3 is 38.6 Å². The maximum atomic E-state index is 10.8. The first kappa shape index (κ1) is 62.8. The van der Waals surface area contributed by atoms with Crippen molar-refractivity contribution in [2.75, 3.05) is 39.6 Å². The first-order valence-electron chi connectivity index (χ1n) is 31.4. The van der Waals surface area contributed by atoms with Crippen LogP contribution < -0.4 is 0 Å². The van der Waals surface area contributed by atoms with Gasteiger partial charge in [-0.3, -0.25) is 9.59 Å². The van der Waals surface area contributed by atoms with E-state index in [2.05, 4.69) is 38.8 Å². The molecule has 8 rings (SSSR count). The Balaban J connectivity index is 0.000000211. The van der Waals surface area contributed by atoms with Gasteiger partial charge in [-0.05, 0) is 215 Å². The number of rotatable bonds is 20. The summed E-state index contributed by atoms with van der Waals surface area (Å²) < 4.78 is 33.8. The molecule has 0 spiro atoms. The lowest BCUT2D eigenvalue weighted by molar-refractivity contribution is -0.165. The van der Waals surface area contributed by atoms with Crippen LogP contribution in [0.25, 0.3) is 0 Å². The Kier molecular flexibility index (Phi) is 32.1. The predicted octanol–water partition coefficient (Wildman–Crippen LogP) is 15.8. The molecule has 0 bridgehead atoms. The standard InChI is InChI=1S/C32H54.2C15H26O5.C2H4/c1-3-5-25-9-17-29(18-10-25)31-21-13-27(14-22-31)7-8-28-15-23-32(24-16-28)30-19-11-26(6-4-2)12-20-30;2*16-15(17)12-5-7-13(8-6-12)18-10-3-11-20-14-4-1-2-9-19-14;1-2/h25-32H,3-6,9-24H2,1-2H3;2*12-14H,1-11H2,(H,16,17);1-2H2. The molecule has 2 N–H and O–H groups in total. The highest BCUT2D eigenvalue weighted by atomic mass is 16.7. The molecule has 0 amide bonds. The molecule has 0 aromatic carbocycles. The quantitative estimate of drug-likeness (QED) is 0.0690. The summed E-state index contributed by atoms with van der Waals surface area (Å²) in [7, 11) is 0. The molecule has 8 aliphatic rings. The van der Waals surface area contributed by atoms with E-state index < -0.39 is 11.9 Å². The van der Waals surface area contributed by atoms with Crippen LogP contribution in [0.4, 0.5) is 0 Å². The van der Waals surface area contributed by atoms with Crippen LogP contribution in [-0.4, -0.2) is 86.6 Å². The molecule has 426 valence electrons. The van der Waals surface area contributed by atoms with Gasteiger partial charge in [0.25, 0.3) is 0 Å². The smallest absolute Gasteiger partial charge is 0.306 e. The van der Waals surface area contributed by atoms with Crippen molar-refractivity contribution in [3.63, 3.8) is 0 Å². The van der Waals surface area contributed by atoms with Crippen molar-refractivity contribution in [3.8, 4) is 11.8 Å². The predicted molar refractivity (Wildman–Crippen MR) is 298 cm³/mol. The molecule has 0 radical (unpaired) electrons. The Morgan fingerprint density at radius 1 is 0.432 bits per heavy atom. The Bertz CT molecular complexity index is 1380. The molecule has 0 aromatic heterocycles. The fraction of sp³-hybridized carbons (Fsp3) is 0.906. The van der Waals surface area contributed by atoms with Crippen molar-refractivity contribution in [2.24, 2.45) is 59.2 Å². The van der Waals surface area contributed by atoms with Crippen LogP contribution in [0.3, 0.4) is 0 Å². The van der Waals surface area contributed by atoms with Gasteiger partial charge in [-0.2, -0.15) is 0 Å². The summed E-state index contributed by atoms with van der Waals surface area (Å²) in [4.78, 5) is 21.7. The third-order valence-corrected chi connectivity index (χ3v) is 18.8. The van der Waals surface area contributed by atoms with Crippen molar-refractivity contribution in [3.05, 3.63) is 13.2 Å². The van der Waals surface area contributed by atoms with Gasteiger partial charge in [-0.1, -0.05) is 77.1 Å². The Morgan fingerprint density at radius 2 is 0.757 bits per heavy atom. The average molecular weight is 1040 g/mol. The van der Waals surface area contributed by atoms with Crippen LogP contribution in [0.1, 0.15) is 245 Å². The first-order valence-corrected chi connectivity index (χ1v) is 31.4. The molecule has 8 fully saturated rings. The van der Waals surface area contributed by atoms with E-state index in [1.54, 1.807) is 0 Å². The summed E-state index contributed by atoms with van der Waals surface area (Å²) in [5, 5.41) is 17.9. The molecule has 10 nitrogen and oxygen atoms in total. The largest absolute Gasteiger partial charge is 0.481 e. The van der Waals surface area contributed by atoms with Crippen LogP contribution in [0.15, 0.2) is 13.2 Å². The van der Waals surface area contributed by atoms with Crippen LogP contribution in [-0.2, 0) is 38.0 Å². The molecule has 74 heavy (non-hydrogen) atoms. The van der Waals surface area contributed by atoms with Crippen molar-refractivity contribution < 1.29 is 48.2 Å². The molecular weight excluding hydrogens is 929 g/mol. The van der Waals surface area contributed by atoms with Crippen LogP contribution in [0, 0.1) is 71.0 Å². The van der Waals surface area contributed by atoms with Gasteiger partial charge in [0.15, 0.2) is 12.6 Å². The minimum atomic E-state index is -0.663. The minimum absolute atomic E-state index is 0.0187. The molecule has 6 aliphatic carbocycles. The number of carboxylic acid groups (broad SMARTS) is 2. The average Bonchev–Trinajstić information content (AvgIpc) is 3.45. The van der Waals surface area contributed by atoms with Gasteiger partial charge >= 0.3 is 11.9 Å². The topological polar surface area (TPSA) is 130 Å². The van der Waals surface area contributed by atoms with Gasteiger partial charge in [0.05, 0.1) is 37.3 Å². The second-order valence-corrected chi connectivity index (χ2v) is 24.1. The number of hydrogen-bond donors (Lipinski definition) is 2. The number of carbonyl (C=O) groups is 2. The Labute approximate surface area is 452 Å². The van der Waals surface area contributed by atoms with Crippen molar-refractivity contribution >= 4 is 11.9 Å². The van der Waals surface area contributed by atoms with E-state index in [9.17, 15) is 9.59 Å². The number of hydrogen-bond acceptors (Lipinski definition) is 8. The Morgan fingerprint density at radius 3 is 1.05 bits per heavy atom. The van der Waals surface area contributed by atoms with E-state index >= 15 is 0 Å². The maximum Gasteiger partial charge on any atom is 0.306 e. The molecule has 10 heteroatoms. The zero-order valence-corrected chi connectivity index (χ0v) is 47.4. The Hall–Kier alpha value is -2.00. The molecule has 2 heterocycles. The van der Waals surface area contributed by atoms with Crippen molar-refractivity contribution in [1.29, 1.82) is 0 Å². The first-order chi connectivity index (χ1) is 36.3. The monoisotopic (exact) mass is 1040 g/mol. The van der Waals surface area contributed by atoms with Gasteiger partial charge in [-0.15, -0.1) is 13.2 Å². The van der Waals surface area contributed by atoms with Gasteiger partial charge in [-0.25, -0.2) is 0 Å². The molecular formula is C64H110O10. The van der Waals surface area contributed by atoms with E-state index in [0.29, 0.717) is 26.4 Å². The highest BCUT2D eigenvalue weighted by molar-refractivity contribution is 5.70. The molecule has 6 saturated carbocycles. The lowest BCUT2D eigenvalue weighted by Gasteiger charge is -2.37. The molecule has 2 unspecified atom stereocenters. The van der Waals surface area contributed by atoms with Crippen molar-refractivity contribution in [2.45, 2.75) is 270 Å². The summed E-state index contributed by atoms with van der Waals surface area (Å²) in [6.07, 6.45) is 44.8. The zero-order chi connectivity index (χ0) is 52.6. The minimum Gasteiger partial charge on any atom is -0.481 e. The highest BCUT2D eigenvalue weighted by Gasteiger charge is 2.33. The molecule has 2 saturated heterocycles. The van der Waals surface area contributed by atoms with E-state index in [-0.39, 0.29) is 36.6 Å². The highest BCUT2D eigenvalue weighted by Crippen LogP contribution is 2.44. The van der Waals surface area contributed by atoms with Gasteiger partial charge in [0, 0.05) is 38.3 Å². The van der Waals surface area contributed by atoms with Gasteiger partial charge in [0.1, 0.15) is 0 Å².